The van der Waals surface area contributed by atoms with Crippen LogP contribution in [0.15, 0.2) is 0 Å². The molecule has 0 saturated carbocycles. The van der Waals surface area contributed by atoms with Crippen molar-refractivity contribution in [2.45, 2.75) is 18.9 Å². The highest BCUT2D eigenvalue weighted by molar-refractivity contribution is 7.86. The van der Waals surface area contributed by atoms with Crippen LogP contribution in [0.5, 0.6) is 0 Å². The minimum absolute atomic E-state index is 0.182. The molecule has 0 aliphatic carbocycles. The Morgan fingerprint density at radius 3 is 2.00 bits per heavy atom. The number of aliphatic hydroxyl groups excluding tert-OH is 3. The quantitative estimate of drug-likeness (QED) is 0.363. The van der Waals surface area contributed by atoms with E-state index in [1.807, 2.05) is 5.48 Å². The maximum atomic E-state index is 11.1. The van der Waals surface area contributed by atoms with Crippen LogP contribution in [-0.4, -0.2) is 54.8 Å². The van der Waals surface area contributed by atoms with Crippen LogP contribution in [0.4, 0.5) is 0 Å². The lowest BCUT2D eigenvalue weighted by Gasteiger charge is -2.27. The number of nitrogens with one attached hydrogen (secondary N) is 1. The lowest BCUT2D eigenvalue weighted by Crippen LogP contribution is -2.55. The van der Waals surface area contributed by atoms with E-state index in [2.05, 4.69) is 4.28 Å². The van der Waals surface area contributed by atoms with Crippen LogP contribution in [0.1, 0.15) is 13.3 Å². The molecule has 0 aliphatic heterocycles. The third kappa shape index (κ3) is 4.87. The van der Waals surface area contributed by atoms with Gasteiger partial charge in [-0.05, 0) is 6.42 Å². The van der Waals surface area contributed by atoms with Crippen molar-refractivity contribution >= 4 is 10.1 Å². The van der Waals surface area contributed by atoms with Crippen molar-refractivity contribution in [1.82, 2.24) is 5.48 Å². The molecular formula is C7H17NO6S. The van der Waals surface area contributed by atoms with E-state index < -0.39 is 35.5 Å². The topological polar surface area (TPSA) is 116 Å². The molecule has 0 aliphatic rings. The first-order valence-corrected chi connectivity index (χ1v) is 6.04. The second-order valence-corrected chi connectivity index (χ2v) is 4.89. The Morgan fingerprint density at radius 2 is 1.67 bits per heavy atom. The molecule has 0 rings (SSSR count). The fourth-order valence-electron chi connectivity index (χ4n) is 0.690. The Labute approximate surface area is 88.8 Å². The van der Waals surface area contributed by atoms with E-state index in [9.17, 15) is 8.42 Å². The standard InChI is InChI=1S/C7H17NO6S/c1-2-3-15(12,13)14-8-7(4-9,5-10)6-11/h8-11H,2-6H2,1H3. The van der Waals surface area contributed by atoms with E-state index in [1.165, 1.54) is 0 Å². The van der Waals surface area contributed by atoms with Gasteiger partial charge in [0.25, 0.3) is 10.1 Å². The number of rotatable bonds is 8. The van der Waals surface area contributed by atoms with Crippen molar-refractivity contribution in [2.24, 2.45) is 0 Å². The van der Waals surface area contributed by atoms with Gasteiger partial charge in [-0.3, -0.25) is 0 Å². The van der Waals surface area contributed by atoms with Crippen LogP contribution in [-0.2, 0) is 14.4 Å². The van der Waals surface area contributed by atoms with Crippen molar-refractivity contribution in [3.63, 3.8) is 0 Å². The summed E-state index contributed by atoms with van der Waals surface area (Å²) < 4.78 is 26.5. The van der Waals surface area contributed by atoms with Crippen molar-refractivity contribution in [1.29, 1.82) is 0 Å². The number of hydrogen-bond donors (Lipinski definition) is 4. The largest absolute Gasteiger partial charge is 0.394 e. The Morgan fingerprint density at radius 1 is 1.20 bits per heavy atom. The highest BCUT2D eigenvalue weighted by Gasteiger charge is 2.30. The van der Waals surface area contributed by atoms with Gasteiger partial charge in [0.1, 0.15) is 5.54 Å². The third-order valence-electron chi connectivity index (χ3n) is 1.75. The van der Waals surface area contributed by atoms with Crippen LogP contribution in [0.25, 0.3) is 0 Å². The molecule has 0 spiro atoms. The van der Waals surface area contributed by atoms with Crippen molar-refractivity contribution in [3.05, 3.63) is 0 Å². The molecule has 0 amide bonds. The monoisotopic (exact) mass is 243 g/mol. The average molecular weight is 243 g/mol. The molecule has 8 heteroatoms. The van der Waals surface area contributed by atoms with Gasteiger partial charge in [0.05, 0.1) is 25.6 Å². The molecular weight excluding hydrogens is 226 g/mol. The molecule has 0 fully saturated rings. The Hall–Kier alpha value is -0.250. The predicted molar refractivity (Wildman–Crippen MR) is 52.3 cm³/mol. The van der Waals surface area contributed by atoms with E-state index >= 15 is 0 Å². The summed E-state index contributed by atoms with van der Waals surface area (Å²) in [5.41, 5.74) is 0.415. The van der Waals surface area contributed by atoms with E-state index in [1.54, 1.807) is 6.92 Å². The Balaban J connectivity index is 4.34. The smallest absolute Gasteiger partial charge is 0.283 e. The molecule has 0 bridgehead atoms. The second kappa shape index (κ2) is 6.36. The highest BCUT2D eigenvalue weighted by Crippen LogP contribution is 2.04. The van der Waals surface area contributed by atoms with Crippen LogP contribution in [0.2, 0.25) is 0 Å². The zero-order chi connectivity index (χ0) is 11.9. The Bertz CT molecular complexity index is 252. The van der Waals surface area contributed by atoms with Crippen molar-refractivity contribution in [2.75, 3.05) is 25.6 Å². The summed E-state index contributed by atoms with van der Waals surface area (Å²) >= 11 is 0. The highest BCUT2D eigenvalue weighted by atomic mass is 32.2. The zero-order valence-corrected chi connectivity index (χ0v) is 9.33. The van der Waals surface area contributed by atoms with Crippen LogP contribution in [0, 0.1) is 0 Å². The fourth-order valence-corrected chi connectivity index (χ4v) is 1.58. The van der Waals surface area contributed by atoms with Crippen molar-refractivity contribution < 1.29 is 28.0 Å². The number of hydrogen-bond acceptors (Lipinski definition) is 7. The SMILES string of the molecule is CCCS(=O)(=O)ONC(CO)(CO)CO. The molecule has 92 valence electrons. The molecule has 0 heterocycles. The average Bonchev–Trinajstić information content (AvgIpc) is 2.21. The molecule has 0 aromatic heterocycles. The van der Waals surface area contributed by atoms with Gasteiger partial charge >= 0.3 is 0 Å². The first-order valence-electron chi connectivity index (χ1n) is 4.46. The predicted octanol–water partition coefficient (Wildman–Crippen LogP) is -2.04. The van der Waals surface area contributed by atoms with E-state index in [4.69, 9.17) is 15.3 Å². The summed E-state index contributed by atoms with van der Waals surface area (Å²) in [6, 6.07) is 0. The van der Waals surface area contributed by atoms with Gasteiger partial charge in [-0.25, -0.2) is 0 Å². The first-order chi connectivity index (χ1) is 6.95. The minimum Gasteiger partial charge on any atom is -0.394 e. The van der Waals surface area contributed by atoms with Gasteiger partial charge in [-0.15, -0.1) is 0 Å². The number of aliphatic hydroxyl groups is 3. The van der Waals surface area contributed by atoms with Gasteiger partial charge in [-0.1, -0.05) is 6.92 Å². The second-order valence-electron chi connectivity index (χ2n) is 3.20. The Kier molecular flexibility index (Phi) is 6.25. The van der Waals surface area contributed by atoms with Gasteiger partial charge in [-0.2, -0.15) is 18.2 Å². The molecule has 0 unspecified atom stereocenters. The zero-order valence-electron chi connectivity index (χ0n) is 8.51. The normalized spacial score (nSPS) is 13.1. The number of hydroxylamine groups is 1. The minimum atomic E-state index is -3.74. The summed E-state index contributed by atoms with van der Waals surface area (Å²) in [6.07, 6.45) is 0.383. The summed E-state index contributed by atoms with van der Waals surface area (Å²) in [5, 5.41) is 26.5. The van der Waals surface area contributed by atoms with E-state index in [-0.39, 0.29) is 5.75 Å². The lowest BCUT2D eigenvalue weighted by atomic mass is 10.1. The van der Waals surface area contributed by atoms with Crippen LogP contribution in [0.3, 0.4) is 0 Å². The molecule has 0 saturated heterocycles. The van der Waals surface area contributed by atoms with Gasteiger partial charge < -0.3 is 15.3 Å². The molecule has 4 N–H and O–H groups in total. The first kappa shape index (κ1) is 14.8. The fraction of sp³-hybridized carbons (Fsp3) is 1.00. The van der Waals surface area contributed by atoms with E-state index in [0.29, 0.717) is 6.42 Å². The molecule has 0 aromatic carbocycles. The molecule has 15 heavy (non-hydrogen) atoms. The summed E-state index contributed by atoms with van der Waals surface area (Å²) in [7, 11) is -3.74. The van der Waals surface area contributed by atoms with Gasteiger partial charge in [0, 0.05) is 0 Å². The van der Waals surface area contributed by atoms with Gasteiger partial charge in [0.15, 0.2) is 0 Å². The molecule has 7 nitrogen and oxygen atoms in total. The summed E-state index contributed by atoms with van der Waals surface area (Å²) in [6.45, 7) is -0.288. The summed E-state index contributed by atoms with van der Waals surface area (Å²) in [5.74, 6) is -0.182. The maximum absolute atomic E-state index is 11.1. The molecule has 0 radical (unpaired) electrons. The van der Waals surface area contributed by atoms with Crippen molar-refractivity contribution in [3.8, 4) is 0 Å². The van der Waals surface area contributed by atoms with Gasteiger partial charge in [0.2, 0.25) is 0 Å². The van der Waals surface area contributed by atoms with Crippen LogP contribution < -0.4 is 5.48 Å². The van der Waals surface area contributed by atoms with E-state index in [0.717, 1.165) is 0 Å². The molecule has 0 aromatic rings. The lowest BCUT2D eigenvalue weighted by molar-refractivity contribution is -0.0247. The van der Waals surface area contributed by atoms with Crippen LogP contribution >= 0.6 is 0 Å². The summed E-state index contributed by atoms with van der Waals surface area (Å²) in [4.78, 5) is 0. The third-order valence-corrected chi connectivity index (χ3v) is 2.99. The molecule has 0 atom stereocenters. The maximum Gasteiger partial charge on any atom is 0.283 e.